The van der Waals surface area contributed by atoms with Gasteiger partial charge in [-0.25, -0.2) is 9.65 Å². The van der Waals surface area contributed by atoms with Crippen molar-refractivity contribution in [3.63, 3.8) is 0 Å². The molecule has 0 aliphatic carbocycles. The maximum absolute atomic E-state index is 12.2. The highest BCUT2D eigenvalue weighted by Gasteiger charge is 2.20. The number of carbonyl (C=O) groups is 2. The summed E-state index contributed by atoms with van der Waals surface area (Å²) in [5.74, 6) is -0.757. The number of carbonyl (C=O) groups excluding carboxylic acids is 2. The summed E-state index contributed by atoms with van der Waals surface area (Å²) in [4.78, 5) is 33.7. The lowest BCUT2D eigenvalue weighted by atomic mass is 10.0. The zero-order valence-electron chi connectivity index (χ0n) is 30.3. The van der Waals surface area contributed by atoms with Crippen molar-refractivity contribution in [3.8, 4) is 0 Å². The second kappa shape index (κ2) is 28.0. The van der Waals surface area contributed by atoms with Crippen LogP contribution in [-0.2, 0) is 23.4 Å². The summed E-state index contributed by atoms with van der Waals surface area (Å²) >= 11 is 0. The molecule has 0 aliphatic heterocycles. The molecule has 0 amide bonds. The Morgan fingerprint density at radius 2 is 1.15 bits per heavy atom. The number of ketones is 1. The standard InChI is InChI=1S/C38H66NO6P/c1-8-9-10-13-29-44-38(41)28-27-37(40)31-39-46(42,43)45-30-17-26-36(7)25-16-23-34(5)20-12-11-19-33(4)22-15-24-35(6)21-14-18-32(2)3/h18-20,24-25H,8-17,21-23,26-31H2,1-7H3,(H2,39,42,43)/b33-19+,34-20+,35-24+,36-25+. The van der Waals surface area contributed by atoms with Crippen molar-refractivity contribution in [1.82, 2.24) is 5.09 Å². The number of nitrogens with one attached hydrogen (secondary N) is 1. The van der Waals surface area contributed by atoms with Crippen LogP contribution in [0.3, 0.4) is 0 Å². The second-order valence-corrected chi connectivity index (χ2v) is 14.4. The van der Waals surface area contributed by atoms with Crippen molar-refractivity contribution in [2.75, 3.05) is 19.8 Å². The van der Waals surface area contributed by atoms with E-state index in [0.717, 1.165) is 83.5 Å². The first-order valence-electron chi connectivity index (χ1n) is 17.5. The molecule has 0 radical (unpaired) electrons. The summed E-state index contributed by atoms with van der Waals surface area (Å²) in [5.41, 5.74) is 6.96. The molecular weight excluding hydrogens is 597 g/mol. The van der Waals surface area contributed by atoms with Gasteiger partial charge in [-0.2, -0.15) is 0 Å². The maximum atomic E-state index is 12.2. The first-order valence-corrected chi connectivity index (χ1v) is 19.1. The SMILES string of the molecule is CCCCCCOC(=O)CCC(=O)CNP(=O)(O)OCCC/C(C)=C/CC/C(C)=C/CC/C=C(\C)CC/C=C(\C)CCC=C(C)C. The summed E-state index contributed by atoms with van der Waals surface area (Å²) in [6.07, 6.45) is 25.7. The number of rotatable bonds is 28. The average molecular weight is 664 g/mol. The molecule has 0 fully saturated rings. The molecule has 264 valence electrons. The minimum atomic E-state index is -4.08. The molecule has 0 aromatic carbocycles. The Labute approximate surface area is 281 Å². The quantitative estimate of drug-likeness (QED) is 0.0372. The van der Waals surface area contributed by atoms with Gasteiger partial charge in [0.2, 0.25) is 0 Å². The Morgan fingerprint density at radius 3 is 1.70 bits per heavy atom. The van der Waals surface area contributed by atoms with Crippen LogP contribution in [0.1, 0.15) is 151 Å². The normalized spacial score (nSPS) is 14.3. The van der Waals surface area contributed by atoms with Crippen molar-refractivity contribution in [3.05, 3.63) is 58.2 Å². The number of ether oxygens (including phenoxy) is 1. The smallest absolute Gasteiger partial charge is 0.403 e. The Balaban J connectivity index is 4.09. The molecule has 1 unspecified atom stereocenters. The molecule has 7 nitrogen and oxygen atoms in total. The summed E-state index contributed by atoms with van der Waals surface area (Å²) in [6, 6.07) is 0. The lowest BCUT2D eigenvalue weighted by Crippen LogP contribution is -2.22. The van der Waals surface area contributed by atoms with Gasteiger partial charge in [-0.15, -0.1) is 0 Å². The molecule has 1 atom stereocenters. The lowest BCUT2D eigenvalue weighted by molar-refractivity contribution is -0.144. The third-order valence-corrected chi connectivity index (χ3v) is 8.72. The summed E-state index contributed by atoms with van der Waals surface area (Å²) in [5, 5.41) is 2.29. The van der Waals surface area contributed by atoms with E-state index in [1.165, 1.54) is 27.9 Å². The molecule has 0 aromatic heterocycles. The molecule has 46 heavy (non-hydrogen) atoms. The molecule has 0 heterocycles. The van der Waals surface area contributed by atoms with Gasteiger partial charge in [0.1, 0.15) is 5.78 Å². The number of esters is 1. The highest BCUT2D eigenvalue weighted by molar-refractivity contribution is 7.50. The number of Topliss-reactive ketones (excluding diaryl/α,β-unsaturated/α-hetero) is 1. The fraction of sp³-hybridized carbons (Fsp3) is 0.684. The number of allylic oxidation sites excluding steroid dienone is 10. The van der Waals surface area contributed by atoms with E-state index in [4.69, 9.17) is 9.26 Å². The van der Waals surface area contributed by atoms with E-state index in [2.05, 4.69) is 83.9 Å². The van der Waals surface area contributed by atoms with E-state index in [1.54, 1.807) is 0 Å². The summed E-state index contributed by atoms with van der Waals surface area (Å²) in [7, 11) is -4.08. The molecule has 0 bridgehead atoms. The van der Waals surface area contributed by atoms with Gasteiger partial charge in [-0.3, -0.25) is 14.1 Å². The number of hydrogen-bond donors (Lipinski definition) is 2. The monoisotopic (exact) mass is 663 g/mol. The minimum Gasteiger partial charge on any atom is -0.466 e. The average Bonchev–Trinajstić information content (AvgIpc) is 2.99. The van der Waals surface area contributed by atoms with Crippen LogP contribution >= 0.6 is 7.75 Å². The van der Waals surface area contributed by atoms with Crippen molar-refractivity contribution in [2.45, 2.75) is 151 Å². The lowest BCUT2D eigenvalue weighted by Gasteiger charge is -2.13. The van der Waals surface area contributed by atoms with Gasteiger partial charge in [-0.05, 0) is 112 Å². The van der Waals surface area contributed by atoms with E-state index in [9.17, 15) is 19.0 Å². The topological polar surface area (TPSA) is 102 Å². The number of unbranched alkanes of at least 4 members (excludes halogenated alkanes) is 4. The number of hydrogen-bond acceptors (Lipinski definition) is 5. The molecule has 2 N–H and O–H groups in total. The summed E-state index contributed by atoms with van der Waals surface area (Å²) in [6.45, 7) is 15.3. The molecular formula is C38H66NO6P. The first-order chi connectivity index (χ1) is 21.8. The zero-order valence-corrected chi connectivity index (χ0v) is 31.2. The highest BCUT2D eigenvalue weighted by Crippen LogP contribution is 2.36. The Hall–Kier alpha value is -2.05. The van der Waals surface area contributed by atoms with Gasteiger partial charge < -0.3 is 9.63 Å². The predicted octanol–water partition coefficient (Wildman–Crippen LogP) is 10.8. The van der Waals surface area contributed by atoms with E-state index in [1.807, 2.05) is 0 Å². The van der Waals surface area contributed by atoms with Crippen molar-refractivity contribution in [1.29, 1.82) is 0 Å². The van der Waals surface area contributed by atoms with Crippen molar-refractivity contribution < 1.29 is 28.3 Å². The van der Waals surface area contributed by atoms with Crippen LogP contribution in [0.15, 0.2) is 58.2 Å². The minimum absolute atomic E-state index is 0.0291. The van der Waals surface area contributed by atoms with Crippen LogP contribution < -0.4 is 5.09 Å². The van der Waals surface area contributed by atoms with Crippen LogP contribution in [0.25, 0.3) is 0 Å². The Kier molecular flexibility index (Phi) is 26.8. The molecule has 0 saturated heterocycles. The molecule has 0 saturated carbocycles. The van der Waals surface area contributed by atoms with Crippen LogP contribution in [-0.4, -0.2) is 36.4 Å². The predicted molar refractivity (Wildman–Crippen MR) is 194 cm³/mol. The Bertz CT molecular complexity index is 1070. The van der Waals surface area contributed by atoms with Gasteiger partial charge in [0, 0.05) is 6.42 Å². The third kappa shape index (κ3) is 29.4. The van der Waals surface area contributed by atoms with Crippen LogP contribution in [0.2, 0.25) is 0 Å². The molecule has 0 spiro atoms. The van der Waals surface area contributed by atoms with Crippen LogP contribution in [0.5, 0.6) is 0 Å². The second-order valence-electron chi connectivity index (χ2n) is 12.8. The third-order valence-electron chi connectivity index (χ3n) is 7.63. The summed E-state index contributed by atoms with van der Waals surface area (Å²) < 4.78 is 22.4. The van der Waals surface area contributed by atoms with Crippen molar-refractivity contribution >= 4 is 19.5 Å². The maximum Gasteiger partial charge on any atom is 0.403 e. The van der Waals surface area contributed by atoms with E-state index in [0.29, 0.717) is 13.0 Å². The van der Waals surface area contributed by atoms with E-state index in [-0.39, 0.29) is 31.8 Å². The van der Waals surface area contributed by atoms with Gasteiger partial charge >= 0.3 is 13.7 Å². The Morgan fingerprint density at radius 1 is 0.630 bits per heavy atom. The van der Waals surface area contributed by atoms with E-state index < -0.39 is 13.7 Å². The molecule has 0 rings (SSSR count). The first kappa shape index (κ1) is 43.9. The van der Waals surface area contributed by atoms with Gasteiger partial charge in [0.25, 0.3) is 0 Å². The van der Waals surface area contributed by atoms with E-state index >= 15 is 0 Å². The van der Waals surface area contributed by atoms with Gasteiger partial charge in [-0.1, -0.05) is 84.4 Å². The van der Waals surface area contributed by atoms with Crippen LogP contribution in [0.4, 0.5) is 0 Å². The fourth-order valence-corrected chi connectivity index (χ4v) is 5.48. The zero-order chi connectivity index (χ0) is 34.6. The highest BCUT2D eigenvalue weighted by atomic mass is 31.2. The van der Waals surface area contributed by atoms with Crippen LogP contribution in [0, 0.1) is 0 Å². The van der Waals surface area contributed by atoms with Crippen molar-refractivity contribution in [2.24, 2.45) is 0 Å². The molecule has 8 heteroatoms. The van der Waals surface area contributed by atoms with Gasteiger partial charge in [0.15, 0.2) is 0 Å². The van der Waals surface area contributed by atoms with Gasteiger partial charge in [0.05, 0.1) is 26.2 Å². The molecule has 0 aromatic rings. The molecule has 0 aliphatic rings. The fourth-order valence-electron chi connectivity index (χ4n) is 4.64. The largest absolute Gasteiger partial charge is 0.466 e.